The lowest BCUT2D eigenvalue weighted by Gasteiger charge is -2.24. The number of para-hydroxylation sites is 1. The van der Waals surface area contributed by atoms with Crippen molar-refractivity contribution >= 4 is 27.3 Å². The Hall–Kier alpha value is -3.26. The highest BCUT2D eigenvalue weighted by Gasteiger charge is 2.28. The molecule has 0 atom stereocenters. The molecule has 3 aromatic carbocycles. The summed E-state index contributed by atoms with van der Waals surface area (Å²) in [4.78, 5) is 12.6. The second-order valence-electron chi connectivity index (χ2n) is 6.99. The van der Waals surface area contributed by atoms with Crippen LogP contribution in [-0.4, -0.2) is 20.9 Å². The normalized spacial score (nSPS) is 11.2. The second-order valence-corrected chi connectivity index (χ2v) is 8.85. The van der Waals surface area contributed by atoms with E-state index < -0.39 is 39.8 Å². The lowest BCUT2D eigenvalue weighted by atomic mass is 10.1. The Kier molecular flexibility index (Phi) is 6.70. The van der Waals surface area contributed by atoms with Gasteiger partial charge in [0.2, 0.25) is 5.91 Å². The number of halogens is 2. The third kappa shape index (κ3) is 5.08. The minimum atomic E-state index is -4.11. The lowest BCUT2D eigenvalue weighted by molar-refractivity contribution is -0.114. The van der Waals surface area contributed by atoms with Crippen LogP contribution in [0.25, 0.3) is 0 Å². The SMILES string of the molecule is CCc1ccc(N(CC(=O)Nc2c(F)cccc2F)S(=O)(=O)c2ccc(C)cc2)cc1. The number of anilines is 2. The standard InChI is InChI=1S/C23H22F2N2O3S/c1-3-17-9-11-18(12-10-17)27(31(29,30)19-13-7-16(2)8-14-19)15-22(28)26-23-20(24)5-4-6-21(23)25/h4-14H,3,15H2,1-2H3,(H,26,28). The Balaban J connectivity index is 1.97. The minimum Gasteiger partial charge on any atom is -0.320 e. The number of aryl methyl sites for hydroxylation is 2. The molecule has 5 nitrogen and oxygen atoms in total. The van der Waals surface area contributed by atoms with E-state index in [1.54, 1.807) is 36.4 Å². The maximum atomic E-state index is 13.9. The van der Waals surface area contributed by atoms with Gasteiger partial charge in [0.05, 0.1) is 10.6 Å². The molecule has 162 valence electrons. The van der Waals surface area contributed by atoms with E-state index in [0.29, 0.717) is 0 Å². The van der Waals surface area contributed by atoms with Crippen molar-refractivity contribution in [3.63, 3.8) is 0 Å². The van der Waals surface area contributed by atoms with Crippen LogP contribution in [0.3, 0.4) is 0 Å². The molecule has 3 aromatic rings. The van der Waals surface area contributed by atoms with Crippen molar-refractivity contribution in [1.82, 2.24) is 0 Å². The highest BCUT2D eigenvalue weighted by atomic mass is 32.2. The summed E-state index contributed by atoms with van der Waals surface area (Å²) in [5.74, 6) is -2.78. The van der Waals surface area contributed by atoms with Crippen molar-refractivity contribution in [2.75, 3.05) is 16.2 Å². The molecular weight excluding hydrogens is 422 g/mol. The van der Waals surface area contributed by atoms with Crippen molar-refractivity contribution in [3.8, 4) is 0 Å². The first kappa shape index (κ1) is 22.4. The number of amides is 1. The maximum Gasteiger partial charge on any atom is 0.264 e. The molecule has 0 aromatic heterocycles. The van der Waals surface area contributed by atoms with Crippen molar-refractivity contribution < 1.29 is 22.0 Å². The molecule has 1 N–H and O–H groups in total. The van der Waals surface area contributed by atoms with Gasteiger partial charge in [-0.1, -0.05) is 42.8 Å². The van der Waals surface area contributed by atoms with E-state index in [0.717, 1.165) is 34.0 Å². The molecule has 8 heteroatoms. The largest absolute Gasteiger partial charge is 0.320 e. The molecule has 0 bridgehead atoms. The highest BCUT2D eigenvalue weighted by Crippen LogP contribution is 2.25. The molecule has 0 saturated heterocycles. The number of rotatable bonds is 7. The smallest absolute Gasteiger partial charge is 0.264 e. The topological polar surface area (TPSA) is 66.5 Å². The molecule has 31 heavy (non-hydrogen) atoms. The quantitative estimate of drug-likeness (QED) is 0.576. The summed E-state index contributed by atoms with van der Waals surface area (Å²) in [6.45, 7) is 3.13. The number of carbonyl (C=O) groups excluding carboxylic acids is 1. The van der Waals surface area contributed by atoms with Crippen LogP contribution in [-0.2, 0) is 21.2 Å². The van der Waals surface area contributed by atoms with Crippen LogP contribution >= 0.6 is 0 Å². The lowest BCUT2D eigenvalue weighted by Crippen LogP contribution is -2.38. The molecule has 0 heterocycles. The zero-order valence-corrected chi connectivity index (χ0v) is 17.9. The van der Waals surface area contributed by atoms with Gasteiger partial charge in [-0.25, -0.2) is 17.2 Å². The number of benzene rings is 3. The first-order valence-corrected chi connectivity index (χ1v) is 11.1. The molecular formula is C23H22F2N2O3S. The Bertz CT molecular complexity index is 1160. The van der Waals surface area contributed by atoms with E-state index >= 15 is 0 Å². The minimum absolute atomic E-state index is 0.00235. The fraction of sp³-hybridized carbons (Fsp3) is 0.174. The number of sulfonamides is 1. The Morgan fingerprint density at radius 1 is 0.935 bits per heavy atom. The van der Waals surface area contributed by atoms with E-state index in [1.807, 2.05) is 13.8 Å². The van der Waals surface area contributed by atoms with Crippen LogP contribution in [0.1, 0.15) is 18.1 Å². The van der Waals surface area contributed by atoms with E-state index in [9.17, 15) is 22.0 Å². The van der Waals surface area contributed by atoms with Gasteiger partial charge in [-0.3, -0.25) is 9.10 Å². The van der Waals surface area contributed by atoms with Crippen molar-refractivity contribution in [3.05, 3.63) is 89.5 Å². The number of hydrogen-bond donors (Lipinski definition) is 1. The third-order valence-electron chi connectivity index (χ3n) is 4.76. The molecule has 0 fully saturated rings. The monoisotopic (exact) mass is 444 g/mol. The summed E-state index contributed by atoms with van der Waals surface area (Å²) in [5.41, 5.74) is 1.52. The van der Waals surface area contributed by atoms with Crippen LogP contribution < -0.4 is 9.62 Å². The van der Waals surface area contributed by atoms with Crippen LogP contribution in [0.4, 0.5) is 20.2 Å². The van der Waals surface area contributed by atoms with Crippen LogP contribution in [0.2, 0.25) is 0 Å². The zero-order chi connectivity index (χ0) is 22.6. The summed E-state index contributed by atoms with van der Waals surface area (Å²) in [5, 5.41) is 2.14. The molecule has 1 amide bonds. The Morgan fingerprint density at radius 2 is 1.52 bits per heavy atom. The van der Waals surface area contributed by atoms with Gasteiger partial charge in [-0.2, -0.15) is 0 Å². The van der Waals surface area contributed by atoms with Gasteiger partial charge in [0.1, 0.15) is 23.9 Å². The summed E-state index contributed by atoms with van der Waals surface area (Å²) < 4.78 is 55.4. The molecule has 0 aliphatic heterocycles. The summed E-state index contributed by atoms with van der Waals surface area (Å²) in [7, 11) is -4.11. The molecule has 0 unspecified atom stereocenters. The van der Waals surface area contributed by atoms with Gasteiger partial charge < -0.3 is 5.32 Å². The second kappa shape index (κ2) is 9.26. The van der Waals surface area contributed by atoms with Gasteiger partial charge in [-0.05, 0) is 55.3 Å². The van der Waals surface area contributed by atoms with Gasteiger partial charge in [0, 0.05) is 0 Å². The fourth-order valence-electron chi connectivity index (χ4n) is 2.98. The van der Waals surface area contributed by atoms with Crippen molar-refractivity contribution in [2.24, 2.45) is 0 Å². The van der Waals surface area contributed by atoms with E-state index in [-0.39, 0.29) is 10.6 Å². The summed E-state index contributed by atoms with van der Waals surface area (Å²) >= 11 is 0. The molecule has 0 spiro atoms. The number of hydrogen-bond acceptors (Lipinski definition) is 3. The first-order valence-electron chi connectivity index (χ1n) is 9.64. The average Bonchev–Trinajstić information content (AvgIpc) is 2.75. The van der Waals surface area contributed by atoms with Gasteiger partial charge >= 0.3 is 0 Å². The predicted molar refractivity (Wildman–Crippen MR) is 117 cm³/mol. The molecule has 0 aliphatic rings. The first-order chi connectivity index (χ1) is 14.7. The third-order valence-corrected chi connectivity index (χ3v) is 6.54. The van der Waals surface area contributed by atoms with E-state index in [4.69, 9.17) is 0 Å². The van der Waals surface area contributed by atoms with Crippen LogP contribution in [0.5, 0.6) is 0 Å². The van der Waals surface area contributed by atoms with E-state index in [2.05, 4.69) is 5.32 Å². The predicted octanol–water partition coefficient (Wildman–Crippen LogP) is 4.67. The highest BCUT2D eigenvalue weighted by molar-refractivity contribution is 7.92. The molecule has 0 aliphatic carbocycles. The van der Waals surface area contributed by atoms with Crippen LogP contribution in [0, 0.1) is 18.6 Å². The van der Waals surface area contributed by atoms with Gasteiger partial charge in [0.25, 0.3) is 10.0 Å². The number of carbonyl (C=O) groups is 1. The fourth-order valence-corrected chi connectivity index (χ4v) is 4.40. The van der Waals surface area contributed by atoms with Gasteiger partial charge in [0.15, 0.2) is 0 Å². The summed E-state index contributed by atoms with van der Waals surface area (Å²) in [6.07, 6.45) is 0.762. The number of nitrogens with zero attached hydrogens (tertiary/aromatic N) is 1. The molecule has 0 radical (unpaired) electrons. The number of nitrogens with one attached hydrogen (secondary N) is 1. The summed E-state index contributed by atoms with van der Waals surface area (Å²) in [6, 6.07) is 16.1. The van der Waals surface area contributed by atoms with Crippen molar-refractivity contribution in [2.45, 2.75) is 25.2 Å². The Morgan fingerprint density at radius 3 is 2.06 bits per heavy atom. The Labute approximate surface area is 180 Å². The average molecular weight is 445 g/mol. The van der Waals surface area contributed by atoms with Crippen LogP contribution in [0.15, 0.2) is 71.6 Å². The van der Waals surface area contributed by atoms with Crippen molar-refractivity contribution in [1.29, 1.82) is 0 Å². The maximum absolute atomic E-state index is 13.9. The van der Waals surface area contributed by atoms with E-state index in [1.165, 1.54) is 18.2 Å². The van der Waals surface area contributed by atoms with Gasteiger partial charge in [-0.15, -0.1) is 0 Å². The molecule has 0 saturated carbocycles. The zero-order valence-electron chi connectivity index (χ0n) is 17.1. The molecule has 3 rings (SSSR count).